The molecule has 4 rings (SSSR count). The molecule has 0 aliphatic heterocycles. The fourth-order valence-corrected chi connectivity index (χ4v) is 4.37. The first kappa shape index (κ1) is 19.5. The fraction of sp³-hybridized carbons (Fsp3) is 0.250. The standard InChI is InChI=1S/C20H19N5O2S2/c1-2-3-11-25-19(27)13-7-4-5-8-14(13)22-20(25)28-12-17(26)21-15-9-6-10-16-18(15)24-29-23-16/h4-10H,2-3,11-12H2,1H3,(H,21,26). The number of carbonyl (C=O) groups excluding carboxylic acids is 1. The number of fused-ring (bicyclic) bond motifs is 2. The van der Waals surface area contributed by atoms with Crippen LogP contribution in [0.15, 0.2) is 52.4 Å². The molecule has 1 N–H and O–H groups in total. The Bertz CT molecular complexity index is 1230. The summed E-state index contributed by atoms with van der Waals surface area (Å²) >= 11 is 2.38. The van der Waals surface area contributed by atoms with Crippen LogP contribution in [0.1, 0.15) is 19.8 Å². The van der Waals surface area contributed by atoms with Crippen LogP contribution >= 0.6 is 23.5 Å². The van der Waals surface area contributed by atoms with Crippen molar-refractivity contribution in [3.63, 3.8) is 0 Å². The average molecular weight is 426 g/mol. The van der Waals surface area contributed by atoms with Gasteiger partial charge >= 0.3 is 0 Å². The van der Waals surface area contributed by atoms with E-state index in [1.54, 1.807) is 16.7 Å². The van der Waals surface area contributed by atoms with Crippen LogP contribution in [0.2, 0.25) is 0 Å². The van der Waals surface area contributed by atoms with Gasteiger partial charge in [-0.3, -0.25) is 14.2 Å². The number of benzene rings is 2. The predicted molar refractivity (Wildman–Crippen MR) is 118 cm³/mol. The van der Waals surface area contributed by atoms with Crippen molar-refractivity contribution in [2.24, 2.45) is 0 Å². The first-order chi connectivity index (χ1) is 14.2. The van der Waals surface area contributed by atoms with E-state index in [1.165, 1.54) is 11.8 Å². The van der Waals surface area contributed by atoms with Crippen LogP contribution in [0.5, 0.6) is 0 Å². The molecule has 4 aromatic rings. The van der Waals surface area contributed by atoms with Crippen LogP contribution in [0.25, 0.3) is 21.9 Å². The van der Waals surface area contributed by atoms with E-state index in [9.17, 15) is 9.59 Å². The van der Waals surface area contributed by atoms with Gasteiger partial charge in [0.05, 0.1) is 34.1 Å². The maximum Gasteiger partial charge on any atom is 0.262 e. The molecule has 9 heteroatoms. The number of thioether (sulfide) groups is 1. The predicted octanol–water partition coefficient (Wildman–Crippen LogP) is 3.93. The van der Waals surface area contributed by atoms with Gasteiger partial charge in [0.15, 0.2) is 5.16 Å². The molecule has 0 fully saturated rings. The summed E-state index contributed by atoms with van der Waals surface area (Å²) in [4.78, 5) is 30.1. The summed E-state index contributed by atoms with van der Waals surface area (Å²) < 4.78 is 10.1. The van der Waals surface area contributed by atoms with Gasteiger partial charge in [-0.2, -0.15) is 8.75 Å². The molecule has 2 aromatic carbocycles. The van der Waals surface area contributed by atoms with Crippen molar-refractivity contribution in [2.45, 2.75) is 31.5 Å². The lowest BCUT2D eigenvalue weighted by molar-refractivity contribution is -0.113. The first-order valence-electron chi connectivity index (χ1n) is 9.31. The Balaban J connectivity index is 1.56. The van der Waals surface area contributed by atoms with Gasteiger partial charge in [-0.15, -0.1) is 0 Å². The zero-order valence-electron chi connectivity index (χ0n) is 15.8. The van der Waals surface area contributed by atoms with Gasteiger partial charge in [0, 0.05) is 6.54 Å². The first-order valence-corrected chi connectivity index (χ1v) is 11.0. The maximum atomic E-state index is 12.9. The summed E-state index contributed by atoms with van der Waals surface area (Å²) in [6.07, 6.45) is 1.84. The van der Waals surface area contributed by atoms with Crippen LogP contribution in [0.4, 0.5) is 5.69 Å². The molecule has 7 nitrogen and oxygen atoms in total. The van der Waals surface area contributed by atoms with E-state index in [1.807, 2.05) is 30.3 Å². The Morgan fingerprint density at radius 2 is 1.97 bits per heavy atom. The number of anilines is 1. The molecule has 2 aromatic heterocycles. The number of unbranched alkanes of at least 4 members (excludes halogenated alkanes) is 1. The molecular formula is C20H19N5O2S2. The Labute approximate surface area is 175 Å². The second kappa shape index (κ2) is 8.71. The van der Waals surface area contributed by atoms with Crippen LogP contribution < -0.4 is 10.9 Å². The number of nitrogens with one attached hydrogen (secondary N) is 1. The van der Waals surface area contributed by atoms with E-state index < -0.39 is 0 Å². The molecule has 1 amide bonds. The number of para-hydroxylation sites is 1. The highest BCUT2D eigenvalue weighted by Crippen LogP contribution is 2.23. The number of nitrogens with zero attached hydrogens (tertiary/aromatic N) is 4. The van der Waals surface area contributed by atoms with Gasteiger partial charge < -0.3 is 5.32 Å². The number of aromatic nitrogens is 4. The molecule has 0 radical (unpaired) electrons. The van der Waals surface area contributed by atoms with E-state index in [4.69, 9.17) is 0 Å². The van der Waals surface area contributed by atoms with E-state index in [2.05, 4.69) is 26.0 Å². The lowest BCUT2D eigenvalue weighted by Crippen LogP contribution is -2.24. The van der Waals surface area contributed by atoms with Gasteiger partial charge in [0.2, 0.25) is 5.91 Å². The normalized spacial score (nSPS) is 11.2. The topological polar surface area (TPSA) is 89.8 Å². The molecule has 0 saturated carbocycles. The SMILES string of the molecule is CCCCn1c(SCC(=O)Nc2cccc3nsnc23)nc2ccccc2c1=O. The second-order valence-electron chi connectivity index (χ2n) is 6.50. The molecule has 0 atom stereocenters. The Hall–Kier alpha value is -2.78. The fourth-order valence-electron chi connectivity index (χ4n) is 2.99. The number of rotatable bonds is 7. The zero-order chi connectivity index (χ0) is 20.2. The maximum absolute atomic E-state index is 12.9. The molecule has 29 heavy (non-hydrogen) atoms. The van der Waals surface area contributed by atoms with Gasteiger partial charge in [-0.05, 0) is 30.7 Å². The molecular weight excluding hydrogens is 406 g/mol. The Morgan fingerprint density at radius 1 is 1.14 bits per heavy atom. The van der Waals surface area contributed by atoms with Crippen molar-refractivity contribution >= 4 is 57.0 Å². The van der Waals surface area contributed by atoms with Crippen molar-refractivity contribution in [3.05, 3.63) is 52.8 Å². The Morgan fingerprint density at radius 3 is 2.83 bits per heavy atom. The van der Waals surface area contributed by atoms with Crippen molar-refractivity contribution < 1.29 is 4.79 Å². The number of carbonyl (C=O) groups is 1. The highest BCUT2D eigenvalue weighted by atomic mass is 32.2. The minimum Gasteiger partial charge on any atom is -0.323 e. The van der Waals surface area contributed by atoms with E-state index in [0.29, 0.717) is 33.8 Å². The highest BCUT2D eigenvalue weighted by molar-refractivity contribution is 7.99. The largest absolute Gasteiger partial charge is 0.323 e. The molecule has 0 aliphatic rings. The summed E-state index contributed by atoms with van der Waals surface area (Å²) in [6.45, 7) is 2.66. The summed E-state index contributed by atoms with van der Waals surface area (Å²) in [5.41, 5.74) is 2.65. The summed E-state index contributed by atoms with van der Waals surface area (Å²) in [7, 11) is 0. The monoisotopic (exact) mass is 425 g/mol. The van der Waals surface area contributed by atoms with E-state index in [-0.39, 0.29) is 17.2 Å². The summed E-state index contributed by atoms with van der Waals surface area (Å²) in [6, 6.07) is 12.8. The van der Waals surface area contributed by atoms with Crippen LogP contribution in [-0.2, 0) is 11.3 Å². The molecule has 148 valence electrons. The highest BCUT2D eigenvalue weighted by Gasteiger charge is 2.14. The third kappa shape index (κ3) is 4.15. The van der Waals surface area contributed by atoms with Crippen LogP contribution in [0, 0.1) is 0 Å². The Kier molecular flexibility index (Phi) is 5.86. The van der Waals surface area contributed by atoms with Gasteiger partial charge in [-0.25, -0.2) is 4.98 Å². The molecule has 0 bridgehead atoms. The molecule has 0 spiro atoms. The summed E-state index contributed by atoms with van der Waals surface area (Å²) in [5.74, 6) is -0.0369. The van der Waals surface area contributed by atoms with Gasteiger partial charge in [0.25, 0.3) is 5.56 Å². The zero-order valence-corrected chi connectivity index (χ0v) is 17.4. The minimum atomic E-state index is -0.181. The molecule has 0 saturated heterocycles. The second-order valence-corrected chi connectivity index (χ2v) is 7.97. The third-order valence-electron chi connectivity index (χ3n) is 4.45. The van der Waals surface area contributed by atoms with Crippen molar-refractivity contribution in [2.75, 3.05) is 11.1 Å². The number of amides is 1. The summed E-state index contributed by atoms with van der Waals surface area (Å²) in [5, 5.41) is 4.04. The average Bonchev–Trinajstić information content (AvgIpc) is 3.22. The van der Waals surface area contributed by atoms with Crippen molar-refractivity contribution in [1.82, 2.24) is 18.3 Å². The molecule has 0 unspecified atom stereocenters. The third-order valence-corrected chi connectivity index (χ3v) is 5.97. The van der Waals surface area contributed by atoms with Crippen molar-refractivity contribution in [1.29, 1.82) is 0 Å². The minimum absolute atomic E-state index is 0.0646. The van der Waals surface area contributed by atoms with E-state index in [0.717, 1.165) is 30.1 Å². The van der Waals surface area contributed by atoms with Crippen LogP contribution in [0.3, 0.4) is 0 Å². The van der Waals surface area contributed by atoms with E-state index >= 15 is 0 Å². The number of hydrogen-bond acceptors (Lipinski definition) is 7. The van der Waals surface area contributed by atoms with Gasteiger partial charge in [0.1, 0.15) is 11.0 Å². The quantitative estimate of drug-likeness (QED) is 0.356. The number of hydrogen-bond donors (Lipinski definition) is 1. The smallest absolute Gasteiger partial charge is 0.262 e. The molecule has 2 heterocycles. The molecule has 0 aliphatic carbocycles. The lowest BCUT2D eigenvalue weighted by atomic mass is 10.2. The lowest BCUT2D eigenvalue weighted by Gasteiger charge is -2.12. The van der Waals surface area contributed by atoms with Crippen LogP contribution in [-0.4, -0.2) is 30.0 Å². The van der Waals surface area contributed by atoms with Gasteiger partial charge in [-0.1, -0.05) is 43.3 Å². The van der Waals surface area contributed by atoms with Crippen molar-refractivity contribution in [3.8, 4) is 0 Å².